The highest BCUT2D eigenvalue weighted by Gasteiger charge is 2.48. The van der Waals surface area contributed by atoms with E-state index in [4.69, 9.17) is 22.1 Å². The molecule has 1 amide bonds. The SMILES string of the molecule is CCCCCC(=S)NC(C)(C)C(=O)NC[C@H]1[C@@H](C/C=C\CCCC(=O)O)[C@H]2CC[C@@H]1O2. The number of aliphatic carboxylic acids is 1. The number of carboxylic acids is 1. The van der Waals surface area contributed by atoms with Gasteiger partial charge < -0.3 is 20.5 Å². The number of allylic oxidation sites excluding steroid dienone is 2. The van der Waals surface area contributed by atoms with Crippen molar-refractivity contribution in [2.24, 2.45) is 11.8 Å². The third kappa shape index (κ3) is 8.19. The van der Waals surface area contributed by atoms with Crippen molar-refractivity contribution in [3.05, 3.63) is 12.2 Å². The van der Waals surface area contributed by atoms with Gasteiger partial charge in [0.15, 0.2) is 0 Å². The van der Waals surface area contributed by atoms with Crippen molar-refractivity contribution < 1.29 is 19.4 Å². The zero-order chi connectivity index (χ0) is 22.9. The van der Waals surface area contributed by atoms with E-state index in [-0.39, 0.29) is 24.5 Å². The van der Waals surface area contributed by atoms with Gasteiger partial charge in [0.05, 0.1) is 17.2 Å². The molecule has 2 rings (SSSR count). The molecule has 0 unspecified atom stereocenters. The average molecular weight is 453 g/mol. The van der Waals surface area contributed by atoms with Crippen LogP contribution in [0.3, 0.4) is 0 Å². The number of fused-ring (bicyclic) bond motifs is 2. The Kier molecular flexibility index (Phi) is 10.4. The number of hydrogen-bond donors (Lipinski definition) is 3. The Hall–Kier alpha value is -1.47. The van der Waals surface area contributed by atoms with Gasteiger partial charge in [-0.05, 0) is 64.7 Å². The van der Waals surface area contributed by atoms with Crippen LogP contribution in [-0.2, 0) is 14.3 Å². The van der Waals surface area contributed by atoms with Gasteiger partial charge in [-0.15, -0.1) is 0 Å². The van der Waals surface area contributed by atoms with E-state index in [9.17, 15) is 9.59 Å². The maximum atomic E-state index is 12.9. The summed E-state index contributed by atoms with van der Waals surface area (Å²) in [4.78, 5) is 24.2. The first-order valence-electron chi connectivity index (χ1n) is 11.9. The van der Waals surface area contributed by atoms with Gasteiger partial charge in [-0.1, -0.05) is 44.1 Å². The van der Waals surface area contributed by atoms with Gasteiger partial charge in [0, 0.05) is 18.9 Å². The van der Waals surface area contributed by atoms with Gasteiger partial charge in [0.1, 0.15) is 5.54 Å². The highest BCUT2D eigenvalue weighted by Crippen LogP contribution is 2.44. The zero-order valence-electron chi connectivity index (χ0n) is 19.3. The lowest BCUT2D eigenvalue weighted by molar-refractivity contribution is -0.137. The van der Waals surface area contributed by atoms with Gasteiger partial charge in [-0.3, -0.25) is 9.59 Å². The third-order valence-corrected chi connectivity index (χ3v) is 6.76. The molecule has 2 saturated heterocycles. The first-order chi connectivity index (χ1) is 14.7. The van der Waals surface area contributed by atoms with Crippen molar-refractivity contribution in [2.75, 3.05) is 6.54 Å². The van der Waals surface area contributed by atoms with Crippen molar-refractivity contribution in [2.45, 2.75) is 103 Å². The third-order valence-electron chi connectivity index (χ3n) is 6.45. The lowest BCUT2D eigenvalue weighted by Gasteiger charge is -2.30. The first-order valence-corrected chi connectivity index (χ1v) is 12.3. The van der Waals surface area contributed by atoms with Crippen LogP contribution in [0.25, 0.3) is 0 Å². The summed E-state index contributed by atoms with van der Waals surface area (Å²) in [5.74, 6) is -0.0550. The number of nitrogens with one attached hydrogen (secondary N) is 2. The number of amides is 1. The Morgan fingerprint density at radius 1 is 1.10 bits per heavy atom. The largest absolute Gasteiger partial charge is 0.481 e. The highest BCUT2D eigenvalue weighted by atomic mass is 32.1. The predicted molar refractivity (Wildman–Crippen MR) is 127 cm³/mol. The van der Waals surface area contributed by atoms with Gasteiger partial charge in [-0.25, -0.2) is 0 Å². The number of ether oxygens (including phenoxy) is 1. The molecule has 2 bridgehead atoms. The summed E-state index contributed by atoms with van der Waals surface area (Å²) >= 11 is 5.43. The van der Waals surface area contributed by atoms with Gasteiger partial charge in [0.2, 0.25) is 5.91 Å². The molecule has 31 heavy (non-hydrogen) atoms. The minimum absolute atomic E-state index is 0.0314. The van der Waals surface area contributed by atoms with Crippen LogP contribution in [-0.4, -0.2) is 46.3 Å². The van der Waals surface area contributed by atoms with E-state index in [1.807, 2.05) is 13.8 Å². The number of unbranched alkanes of at least 4 members (excludes halogenated alkanes) is 3. The summed E-state index contributed by atoms with van der Waals surface area (Å²) in [5, 5.41) is 15.1. The molecule has 2 fully saturated rings. The van der Waals surface area contributed by atoms with E-state index >= 15 is 0 Å². The van der Waals surface area contributed by atoms with E-state index in [1.54, 1.807) is 0 Å². The van der Waals surface area contributed by atoms with Crippen LogP contribution in [0.4, 0.5) is 0 Å². The summed E-state index contributed by atoms with van der Waals surface area (Å²) in [7, 11) is 0. The fourth-order valence-electron chi connectivity index (χ4n) is 4.66. The monoisotopic (exact) mass is 452 g/mol. The Morgan fingerprint density at radius 2 is 1.81 bits per heavy atom. The van der Waals surface area contributed by atoms with Gasteiger partial charge in [-0.2, -0.15) is 0 Å². The molecule has 2 aliphatic rings. The fourth-order valence-corrected chi connectivity index (χ4v) is 5.06. The number of carboxylic acid groups (broad SMARTS) is 1. The number of hydrogen-bond acceptors (Lipinski definition) is 4. The first kappa shape index (κ1) is 25.8. The van der Waals surface area contributed by atoms with Crippen molar-refractivity contribution in [3.8, 4) is 0 Å². The van der Waals surface area contributed by atoms with Gasteiger partial charge in [0.25, 0.3) is 0 Å². The second-order valence-corrected chi connectivity index (χ2v) is 9.94. The van der Waals surface area contributed by atoms with Crippen LogP contribution in [0.15, 0.2) is 12.2 Å². The lowest BCUT2D eigenvalue weighted by Crippen LogP contribution is -2.55. The molecule has 0 radical (unpaired) electrons. The molecule has 2 aliphatic heterocycles. The van der Waals surface area contributed by atoms with Crippen LogP contribution in [0.5, 0.6) is 0 Å². The molecule has 4 atom stereocenters. The van der Waals surface area contributed by atoms with E-state index in [2.05, 4.69) is 29.7 Å². The van der Waals surface area contributed by atoms with Crippen LogP contribution in [0, 0.1) is 11.8 Å². The van der Waals surface area contributed by atoms with Crippen molar-refractivity contribution >= 4 is 29.1 Å². The maximum absolute atomic E-state index is 12.9. The standard InChI is InChI=1S/C24H40N2O4S/c1-4-5-8-12-21(31)26-24(2,3)23(29)25-16-18-17(19-14-15-20(18)30-19)11-9-6-7-10-13-22(27)28/h6,9,17-20H,4-5,7-8,10-16H2,1-3H3,(H,25,29)(H,26,31)(H,27,28)/b9-6-/t17-,18+,19-,20+/m1/s1. The van der Waals surface area contributed by atoms with Crippen molar-refractivity contribution in [3.63, 3.8) is 0 Å². The number of carbonyl (C=O) groups is 2. The molecular formula is C24H40N2O4S. The smallest absolute Gasteiger partial charge is 0.303 e. The van der Waals surface area contributed by atoms with Gasteiger partial charge >= 0.3 is 5.97 Å². The van der Waals surface area contributed by atoms with Crippen molar-refractivity contribution in [1.82, 2.24) is 10.6 Å². The average Bonchev–Trinajstić information content (AvgIpc) is 3.30. The molecule has 0 aromatic rings. The summed E-state index contributed by atoms with van der Waals surface area (Å²) in [5.41, 5.74) is -0.735. The molecule has 0 aromatic carbocycles. The Morgan fingerprint density at radius 3 is 2.48 bits per heavy atom. The molecule has 176 valence electrons. The van der Waals surface area contributed by atoms with E-state index in [0.29, 0.717) is 24.8 Å². The summed E-state index contributed by atoms with van der Waals surface area (Å²) in [6.45, 7) is 6.53. The molecule has 2 heterocycles. The summed E-state index contributed by atoms with van der Waals surface area (Å²) in [6.07, 6.45) is 13.6. The minimum atomic E-state index is -0.746. The molecule has 0 saturated carbocycles. The van der Waals surface area contributed by atoms with Crippen LogP contribution >= 0.6 is 12.2 Å². The molecule has 0 aromatic heterocycles. The van der Waals surface area contributed by atoms with E-state index in [1.165, 1.54) is 0 Å². The molecular weight excluding hydrogens is 412 g/mol. The molecule has 3 N–H and O–H groups in total. The summed E-state index contributed by atoms with van der Waals surface area (Å²) < 4.78 is 6.15. The highest BCUT2D eigenvalue weighted by molar-refractivity contribution is 7.80. The Labute approximate surface area is 192 Å². The van der Waals surface area contributed by atoms with Crippen LogP contribution < -0.4 is 10.6 Å². The van der Waals surface area contributed by atoms with E-state index in [0.717, 1.165) is 56.4 Å². The second kappa shape index (κ2) is 12.5. The van der Waals surface area contributed by atoms with Crippen LogP contribution in [0.2, 0.25) is 0 Å². The zero-order valence-corrected chi connectivity index (χ0v) is 20.1. The topological polar surface area (TPSA) is 87.7 Å². The summed E-state index contributed by atoms with van der Waals surface area (Å²) in [6, 6.07) is 0. The van der Waals surface area contributed by atoms with Crippen LogP contribution in [0.1, 0.15) is 85.0 Å². The predicted octanol–water partition coefficient (Wildman–Crippen LogP) is 4.37. The molecule has 6 nitrogen and oxygen atoms in total. The maximum Gasteiger partial charge on any atom is 0.303 e. The minimum Gasteiger partial charge on any atom is -0.481 e. The second-order valence-electron chi connectivity index (χ2n) is 9.45. The van der Waals surface area contributed by atoms with E-state index < -0.39 is 11.5 Å². The molecule has 0 aliphatic carbocycles. The number of thiocarbonyl (C=S) groups is 1. The molecule has 0 spiro atoms. The molecule has 7 heteroatoms. The lowest BCUT2D eigenvalue weighted by atomic mass is 9.77. The normalized spacial score (nSPS) is 25.1. The fraction of sp³-hybridized carbons (Fsp3) is 0.792. The number of carbonyl (C=O) groups excluding carboxylic acids is 1. The Balaban J connectivity index is 1.80. The Bertz CT molecular complexity index is 649. The number of rotatable bonds is 14. The quantitative estimate of drug-likeness (QED) is 0.206. The van der Waals surface area contributed by atoms with Crippen molar-refractivity contribution in [1.29, 1.82) is 0 Å².